The average Bonchev–Trinajstić information content (AvgIpc) is 3.36. The maximum atomic E-state index is 15.2. The molecule has 4 fully saturated rings. The number of nitrogens with one attached hydrogen (secondary N) is 4. The molecule has 21 heteroatoms. The number of aryl methyl sites for hydroxylation is 1. The number of aromatic nitrogens is 4. The van der Waals surface area contributed by atoms with Crippen LogP contribution in [0.3, 0.4) is 0 Å². The third-order valence-corrected chi connectivity index (χ3v) is 16.0. The molecule has 17 nitrogen and oxygen atoms in total. The Kier molecular flexibility index (Phi) is 14.5. The first kappa shape index (κ1) is 49.0. The van der Waals surface area contributed by atoms with Crippen molar-refractivity contribution in [3.63, 3.8) is 0 Å². The van der Waals surface area contributed by atoms with Crippen LogP contribution in [0.2, 0.25) is 0 Å². The summed E-state index contributed by atoms with van der Waals surface area (Å²) in [6.45, 7) is 11.3. The van der Waals surface area contributed by atoms with E-state index in [0.29, 0.717) is 94.8 Å². The highest BCUT2D eigenvalue weighted by Gasteiger charge is 2.35. The molecule has 9 rings (SSSR count). The molecule has 0 radical (unpaired) electrons. The van der Waals surface area contributed by atoms with Gasteiger partial charge in [0.15, 0.2) is 11.6 Å². The number of benzene rings is 3. The van der Waals surface area contributed by atoms with Gasteiger partial charge in [-0.15, -0.1) is 0 Å². The molecule has 1 atom stereocenters. The van der Waals surface area contributed by atoms with Gasteiger partial charge in [0.1, 0.15) is 36.0 Å². The molecule has 4 N–H and O–H groups in total. The van der Waals surface area contributed by atoms with Gasteiger partial charge in [-0.2, -0.15) is 4.98 Å². The third-order valence-electron chi connectivity index (χ3n) is 13.9. The number of amides is 3. The van der Waals surface area contributed by atoms with Crippen LogP contribution < -0.4 is 41.1 Å². The number of methoxy groups -OCH3 is 1. The van der Waals surface area contributed by atoms with Gasteiger partial charge in [-0.25, -0.2) is 13.8 Å². The summed E-state index contributed by atoms with van der Waals surface area (Å²) in [5, 5.41) is 12.2. The molecule has 0 bridgehead atoms. The van der Waals surface area contributed by atoms with Gasteiger partial charge in [0.05, 0.1) is 33.8 Å². The fourth-order valence-corrected chi connectivity index (χ4v) is 11.9. The van der Waals surface area contributed by atoms with Crippen LogP contribution in [0.4, 0.5) is 49.0 Å². The maximum absolute atomic E-state index is 15.2. The standard InChI is InChI=1S/C49H58BrF2N12O5P/c1-5-29-24-39(58-49-55-28-33(50)46(60-49)57-37-7-6-36-44(54-15-14-53-36)45(37)70(3,4)68)41(69-2)27-40(29)63-18-12-31(13-19-63)62-20-22-64(23-21-62)48(67)30-10-16-61(17-11-30)32-25-34(51)43(35(52)26-32)56-38-8-9-42(65)59-47(38)66/h6-7,14-15,24-28,30-31,38,56H,5,8-13,16-23H2,1-4H3,(H,59,65,66)(H2,55,57,58,60). The zero-order chi connectivity index (χ0) is 49.3. The first-order valence-corrected chi connectivity index (χ1v) is 27.3. The molecule has 70 heavy (non-hydrogen) atoms. The van der Waals surface area contributed by atoms with Crippen molar-refractivity contribution in [1.82, 2.24) is 35.1 Å². The summed E-state index contributed by atoms with van der Waals surface area (Å²) in [6.07, 6.45) is 9.08. The molecule has 3 amide bonds. The Bertz CT molecular complexity index is 2830. The van der Waals surface area contributed by atoms with E-state index in [2.05, 4.69) is 81.0 Å². The quantitative estimate of drug-likeness (QED) is 0.0696. The minimum atomic E-state index is -2.80. The fourth-order valence-electron chi connectivity index (χ4n) is 10.2. The number of hydrogen-bond acceptors (Lipinski definition) is 15. The molecule has 2 aromatic heterocycles. The van der Waals surface area contributed by atoms with Crippen molar-refractivity contribution >= 4 is 97.3 Å². The molecule has 4 aliphatic rings. The lowest BCUT2D eigenvalue weighted by atomic mass is 9.94. The number of fused-ring (bicyclic) bond motifs is 1. The summed E-state index contributed by atoms with van der Waals surface area (Å²) < 4.78 is 50.5. The van der Waals surface area contributed by atoms with Gasteiger partial charge < -0.3 is 40.0 Å². The summed E-state index contributed by atoms with van der Waals surface area (Å²) in [5.41, 5.74) is 4.89. The Balaban J connectivity index is 0.770. The van der Waals surface area contributed by atoms with Crippen LogP contribution in [0.1, 0.15) is 51.0 Å². The van der Waals surface area contributed by atoms with Crippen molar-refractivity contribution in [1.29, 1.82) is 0 Å². The van der Waals surface area contributed by atoms with Gasteiger partial charge in [0, 0.05) is 107 Å². The summed E-state index contributed by atoms with van der Waals surface area (Å²) >= 11 is 3.59. The molecule has 6 heterocycles. The van der Waals surface area contributed by atoms with Crippen LogP contribution in [0.25, 0.3) is 11.0 Å². The average molecular weight is 1040 g/mol. The molecule has 4 aliphatic heterocycles. The molecular weight excluding hydrogens is 985 g/mol. The fraction of sp³-hybridized carbons (Fsp3) is 0.449. The summed E-state index contributed by atoms with van der Waals surface area (Å²) in [7, 11) is -1.14. The Morgan fingerprint density at radius 2 is 1.57 bits per heavy atom. The van der Waals surface area contributed by atoms with E-state index in [1.807, 2.05) is 21.9 Å². The van der Waals surface area contributed by atoms with Crippen LogP contribution in [0, 0.1) is 17.6 Å². The Morgan fingerprint density at radius 1 is 0.871 bits per heavy atom. The number of piperazine rings is 1. The summed E-state index contributed by atoms with van der Waals surface area (Å²) in [6, 6.07) is 9.90. The van der Waals surface area contributed by atoms with E-state index in [0.717, 1.165) is 62.4 Å². The van der Waals surface area contributed by atoms with Gasteiger partial charge >= 0.3 is 0 Å². The van der Waals surface area contributed by atoms with E-state index in [-0.39, 0.29) is 24.7 Å². The highest BCUT2D eigenvalue weighted by atomic mass is 79.9. The normalized spacial score (nSPS) is 18.8. The zero-order valence-electron chi connectivity index (χ0n) is 39.7. The van der Waals surface area contributed by atoms with Crippen LogP contribution in [0.15, 0.2) is 59.5 Å². The SMILES string of the molecule is CCc1cc(Nc2ncc(Br)c(Nc3ccc4nccnc4c3P(C)(C)=O)n2)c(OC)cc1N1CCC(N2CCN(C(=O)C3CCN(c4cc(F)c(NC5CCC(=O)NC5=O)c(F)c4)CC3)CC2)CC1. The molecule has 0 saturated carbocycles. The lowest BCUT2D eigenvalue weighted by Gasteiger charge is -2.44. The smallest absolute Gasteiger partial charge is 0.249 e. The number of piperidine rings is 3. The van der Waals surface area contributed by atoms with Crippen molar-refractivity contribution in [3.8, 4) is 5.75 Å². The lowest BCUT2D eigenvalue weighted by Crippen LogP contribution is -2.55. The number of halogens is 3. The third kappa shape index (κ3) is 10.5. The zero-order valence-corrected chi connectivity index (χ0v) is 42.2. The second-order valence-electron chi connectivity index (χ2n) is 18.7. The topological polar surface area (TPSA) is 190 Å². The number of carbonyl (C=O) groups is 3. The van der Waals surface area contributed by atoms with Crippen LogP contribution in [-0.4, -0.2) is 132 Å². The predicted molar refractivity (Wildman–Crippen MR) is 272 cm³/mol. The molecular formula is C49H58BrF2N12O5P. The van der Waals surface area contributed by atoms with E-state index in [1.165, 1.54) is 12.1 Å². The summed E-state index contributed by atoms with van der Waals surface area (Å²) in [4.78, 5) is 64.5. The molecule has 4 saturated heterocycles. The Labute approximate surface area is 414 Å². The molecule has 370 valence electrons. The van der Waals surface area contributed by atoms with Crippen molar-refractivity contribution < 1.29 is 32.5 Å². The first-order chi connectivity index (χ1) is 33.7. The van der Waals surface area contributed by atoms with Gasteiger partial charge in [0.2, 0.25) is 23.7 Å². The molecule has 0 aliphatic carbocycles. The van der Waals surface area contributed by atoms with E-state index < -0.39 is 42.3 Å². The Morgan fingerprint density at radius 3 is 2.24 bits per heavy atom. The molecule has 0 spiro atoms. The van der Waals surface area contributed by atoms with Crippen LogP contribution in [-0.2, 0) is 25.4 Å². The Hall–Kier alpha value is -5.98. The number of rotatable bonds is 13. The molecule has 5 aromatic rings. The van der Waals surface area contributed by atoms with Crippen LogP contribution >= 0.6 is 23.1 Å². The number of ether oxygens (including phenoxy) is 1. The van der Waals surface area contributed by atoms with E-state index in [1.54, 1.807) is 39.0 Å². The van der Waals surface area contributed by atoms with Gasteiger partial charge in [-0.3, -0.25) is 34.6 Å². The first-order valence-electron chi connectivity index (χ1n) is 23.9. The van der Waals surface area contributed by atoms with Crippen LogP contribution in [0.5, 0.6) is 5.75 Å². The van der Waals surface area contributed by atoms with Crippen molar-refractivity contribution in [2.24, 2.45) is 5.92 Å². The number of nitrogens with zero attached hydrogens (tertiary/aromatic N) is 8. The second kappa shape index (κ2) is 20.8. The highest BCUT2D eigenvalue weighted by molar-refractivity contribution is 9.10. The van der Waals surface area contributed by atoms with E-state index >= 15 is 8.78 Å². The predicted octanol–water partition coefficient (Wildman–Crippen LogP) is 7.01. The van der Waals surface area contributed by atoms with E-state index in [9.17, 15) is 18.9 Å². The lowest BCUT2D eigenvalue weighted by molar-refractivity contribution is -0.138. The minimum Gasteiger partial charge on any atom is -0.494 e. The minimum absolute atomic E-state index is 0.0919. The number of anilines is 7. The van der Waals surface area contributed by atoms with Crippen molar-refractivity contribution in [3.05, 3.63) is 76.7 Å². The molecule has 3 aromatic carbocycles. The summed E-state index contributed by atoms with van der Waals surface area (Å²) in [5.74, 6) is -1.15. The molecule has 1 unspecified atom stereocenters. The number of imide groups is 1. The highest BCUT2D eigenvalue weighted by Crippen LogP contribution is 2.42. The van der Waals surface area contributed by atoms with Gasteiger partial charge in [-0.05, 0) is 104 Å². The van der Waals surface area contributed by atoms with E-state index in [4.69, 9.17) is 9.72 Å². The second-order valence-corrected chi connectivity index (χ2v) is 22.7. The van der Waals surface area contributed by atoms with Crippen molar-refractivity contribution in [2.45, 2.75) is 64.0 Å². The van der Waals surface area contributed by atoms with Crippen molar-refractivity contribution in [2.75, 3.05) is 98.5 Å². The number of carbonyl (C=O) groups excluding carboxylic acids is 3. The maximum Gasteiger partial charge on any atom is 0.249 e. The number of hydrogen-bond donors (Lipinski definition) is 4. The van der Waals surface area contributed by atoms with Gasteiger partial charge in [0.25, 0.3) is 0 Å². The monoisotopic (exact) mass is 1040 g/mol. The van der Waals surface area contributed by atoms with Gasteiger partial charge in [-0.1, -0.05) is 6.92 Å². The largest absolute Gasteiger partial charge is 0.494 e.